The van der Waals surface area contributed by atoms with Crippen molar-refractivity contribution in [2.75, 3.05) is 13.7 Å². The standard InChI is InChI=1S/C18H33N3O.HI/c1-17(2)9-6-12(7-10-17)20-16(19-5)21-14-13-8-11-22-15(13)18(14,3)4;/h12-15H,6-11H2,1-5H3,(H2,19,20,21);1H. The van der Waals surface area contributed by atoms with Gasteiger partial charge < -0.3 is 15.4 Å². The molecule has 0 aromatic heterocycles. The predicted molar refractivity (Wildman–Crippen MR) is 106 cm³/mol. The van der Waals surface area contributed by atoms with Crippen molar-refractivity contribution in [3.05, 3.63) is 0 Å². The van der Waals surface area contributed by atoms with Crippen LogP contribution in [0.3, 0.4) is 0 Å². The number of nitrogens with zero attached hydrogens (tertiary/aromatic N) is 1. The molecule has 4 nitrogen and oxygen atoms in total. The van der Waals surface area contributed by atoms with Crippen molar-refractivity contribution in [1.29, 1.82) is 0 Å². The second-order valence-corrected chi connectivity index (χ2v) is 8.84. The topological polar surface area (TPSA) is 45.7 Å². The molecule has 1 saturated heterocycles. The molecule has 3 rings (SSSR count). The number of rotatable bonds is 2. The average Bonchev–Trinajstić information content (AvgIpc) is 2.92. The van der Waals surface area contributed by atoms with E-state index in [9.17, 15) is 0 Å². The Bertz CT molecular complexity index is 440. The largest absolute Gasteiger partial charge is 0.377 e. The Morgan fingerprint density at radius 1 is 1.04 bits per heavy atom. The molecule has 1 aliphatic heterocycles. The Morgan fingerprint density at radius 2 is 1.70 bits per heavy atom. The molecule has 2 saturated carbocycles. The summed E-state index contributed by atoms with van der Waals surface area (Å²) in [4.78, 5) is 4.47. The van der Waals surface area contributed by atoms with Crippen molar-refractivity contribution in [2.24, 2.45) is 21.7 Å². The lowest BCUT2D eigenvalue weighted by molar-refractivity contribution is -0.106. The Balaban J connectivity index is 0.00000192. The molecular weight excluding hydrogens is 401 g/mol. The predicted octanol–water partition coefficient (Wildman–Crippen LogP) is 3.55. The number of hydrogen-bond donors (Lipinski definition) is 2. The lowest BCUT2D eigenvalue weighted by Gasteiger charge is -2.55. The van der Waals surface area contributed by atoms with Crippen molar-refractivity contribution in [2.45, 2.75) is 78.0 Å². The molecule has 0 radical (unpaired) electrons. The lowest BCUT2D eigenvalue weighted by Crippen LogP contribution is -2.68. The minimum atomic E-state index is 0. The molecule has 3 fully saturated rings. The summed E-state index contributed by atoms with van der Waals surface area (Å²) in [5.41, 5.74) is 0.715. The Labute approximate surface area is 158 Å². The summed E-state index contributed by atoms with van der Waals surface area (Å²) < 4.78 is 5.89. The SMILES string of the molecule is CN=C(NC1CCC(C)(C)CC1)NC1C2CCOC2C1(C)C.I. The summed E-state index contributed by atoms with van der Waals surface area (Å²) in [6.07, 6.45) is 6.71. The van der Waals surface area contributed by atoms with Crippen molar-refractivity contribution in [3.63, 3.8) is 0 Å². The number of ether oxygens (including phenoxy) is 1. The third kappa shape index (κ3) is 3.80. The van der Waals surface area contributed by atoms with Crippen LogP contribution in [0.15, 0.2) is 4.99 Å². The summed E-state index contributed by atoms with van der Waals surface area (Å²) >= 11 is 0. The van der Waals surface area contributed by atoms with Crippen LogP contribution < -0.4 is 10.6 Å². The van der Waals surface area contributed by atoms with Gasteiger partial charge in [-0.05, 0) is 37.5 Å². The molecule has 5 heteroatoms. The van der Waals surface area contributed by atoms with Crippen LogP contribution >= 0.6 is 24.0 Å². The molecule has 23 heavy (non-hydrogen) atoms. The van der Waals surface area contributed by atoms with E-state index in [4.69, 9.17) is 4.74 Å². The maximum absolute atomic E-state index is 5.89. The summed E-state index contributed by atoms with van der Waals surface area (Å²) in [6.45, 7) is 10.3. The lowest BCUT2D eigenvalue weighted by atomic mass is 9.57. The molecule has 0 aromatic rings. The zero-order valence-corrected chi connectivity index (χ0v) is 17.6. The molecule has 134 valence electrons. The fraction of sp³-hybridized carbons (Fsp3) is 0.944. The maximum atomic E-state index is 5.89. The van der Waals surface area contributed by atoms with Gasteiger partial charge in [0.05, 0.1) is 6.10 Å². The first-order valence-electron chi connectivity index (χ1n) is 8.95. The van der Waals surface area contributed by atoms with Crippen LogP contribution in [0.4, 0.5) is 0 Å². The van der Waals surface area contributed by atoms with Gasteiger partial charge in [0.25, 0.3) is 0 Å². The molecule has 0 bridgehead atoms. The van der Waals surface area contributed by atoms with E-state index < -0.39 is 0 Å². The van der Waals surface area contributed by atoms with Crippen LogP contribution in [-0.2, 0) is 4.74 Å². The highest BCUT2D eigenvalue weighted by molar-refractivity contribution is 14.0. The fourth-order valence-corrected chi connectivity index (χ4v) is 4.67. The number of aliphatic imine (C=N–C) groups is 1. The van der Waals surface area contributed by atoms with Crippen LogP contribution in [-0.4, -0.2) is 37.8 Å². The zero-order chi connectivity index (χ0) is 16.0. The van der Waals surface area contributed by atoms with Crippen LogP contribution in [0.5, 0.6) is 0 Å². The summed E-state index contributed by atoms with van der Waals surface area (Å²) in [6, 6.07) is 1.05. The van der Waals surface area contributed by atoms with Gasteiger partial charge in [-0.1, -0.05) is 27.7 Å². The second-order valence-electron chi connectivity index (χ2n) is 8.84. The van der Waals surface area contributed by atoms with Crippen LogP contribution in [0.2, 0.25) is 0 Å². The van der Waals surface area contributed by atoms with E-state index in [0.29, 0.717) is 29.5 Å². The van der Waals surface area contributed by atoms with E-state index in [1.165, 1.54) is 32.1 Å². The van der Waals surface area contributed by atoms with E-state index in [0.717, 1.165) is 12.6 Å². The van der Waals surface area contributed by atoms with Gasteiger partial charge in [0, 0.05) is 37.1 Å². The molecule has 0 aromatic carbocycles. The molecule has 2 aliphatic carbocycles. The van der Waals surface area contributed by atoms with Gasteiger partial charge in [-0.15, -0.1) is 24.0 Å². The minimum absolute atomic E-state index is 0. The van der Waals surface area contributed by atoms with Gasteiger partial charge in [-0.25, -0.2) is 0 Å². The highest BCUT2D eigenvalue weighted by atomic mass is 127. The highest BCUT2D eigenvalue weighted by Crippen LogP contribution is 2.52. The molecule has 2 N–H and O–H groups in total. The van der Waals surface area contributed by atoms with E-state index in [-0.39, 0.29) is 29.4 Å². The Kier molecular flexibility index (Phi) is 5.92. The zero-order valence-electron chi connectivity index (χ0n) is 15.3. The minimum Gasteiger partial charge on any atom is -0.377 e. The third-order valence-corrected chi connectivity index (χ3v) is 6.30. The highest BCUT2D eigenvalue weighted by Gasteiger charge is 2.59. The van der Waals surface area contributed by atoms with Crippen molar-refractivity contribution >= 4 is 29.9 Å². The summed E-state index contributed by atoms with van der Waals surface area (Å²) in [5.74, 6) is 1.63. The molecular formula is C18H34IN3O. The third-order valence-electron chi connectivity index (χ3n) is 6.30. The van der Waals surface area contributed by atoms with E-state index in [1.54, 1.807) is 0 Å². The smallest absolute Gasteiger partial charge is 0.191 e. The normalized spacial score (nSPS) is 35.7. The maximum Gasteiger partial charge on any atom is 0.191 e. The molecule has 0 amide bonds. The van der Waals surface area contributed by atoms with Crippen LogP contribution in [0.25, 0.3) is 0 Å². The van der Waals surface area contributed by atoms with E-state index in [1.807, 2.05) is 7.05 Å². The molecule has 3 atom stereocenters. The summed E-state index contributed by atoms with van der Waals surface area (Å²) in [7, 11) is 1.89. The number of guanidine groups is 1. The van der Waals surface area contributed by atoms with Crippen molar-refractivity contribution < 1.29 is 4.74 Å². The van der Waals surface area contributed by atoms with E-state index in [2.05, 4.69) is 43.3 Å². The van der Waals surface area contributed by atoms with Gasteiger partial charge in [0.1, 0.15) is 0 Å². The molecule has 3 unspecified atom stereocenters. The number of hydrogen-bond acceptors (Lipinski definition) is 2. The van der Waals surface area contributed by atoms with Crippen molar-refractivity contribution in [1.82, 2.24) is 10.6 Å². The molecule has 0 spiro atoms. The number of nitrogens with one attached hydrogen (secondary N) is 2. The summed E-state index contributed by atoms with van der Waals surface area (Å²) in [5, 5.41) is 7.35. The number of halogens is 1. The van der Waals surface area contributed by atoms with Crippen molar-refractivity contribution in [3.8, 4) is 0 Å². The molecule has 1 heterocycles. The van der Waals surface area contributed by atoms with Gasteiger partial charge >= 0.3 is 0 Å². The fourth-order valence-electron chi connectivity index (χ4n) is 4.67. The van der Waals surface area contributed by atoms with Crippen LogP contribution in [0.1, 0.15) is 59.8 Å². The first-order chi connectivity index (χ1) is 10.3. The van der Waals surface area contributed by atoms with Crippen LogP contribution in [0, 0.1) is 16.7 Å². The van der Waals surface area contributed by atoms with Gasteiger partial charge in [0.15, 0.2) is 5.96 Å². The van der Waals surface area contributed by atoms with E-state index >= 15 is 0 Å². The first kappa shape index (κ1) is 19.3. The number of fused-ring (bicyclic) bond motifs is 1. The van der Waals surface area contributed by atoms with Gasteiger partial charge in [0.2, 0.25) is 0 Å². The van der Waals surface area contributed by atoms with Gasteiger partial charge in [-0.3, -0.25) is 4.99 Å². The Morgan fingerprint density at radius 3 is 2.30 bits per heavy atom. The monoisotopic (exact) mass is 435 g/mol. The Hall–Kier alpha value is -0.0400. The van der Waals surface area contributed by atoms with Gasteiger partial charge in [-0.2, -0.15) is 0 Å². The molecule has 3 aliphatic rings. The quantitative estimate of drug-likeness (QED) is 0.396. The average molecular weight is 435 g/mol. The first-order valence-corrected chi connectivity index (χ1v) is 8.95. The second kappa shape index (κ2) is 7.06.